The van der Waals surface area contributed by atoms with E-state index in [9.17, 15) is 4.79 Å². The van der Waals surface area contributed by atoms with Gasteiger partial charge in [-0.25, -0.2) is 0 Å². The van der Waals surface area contributed by atoms with Crippen LogP contribution in [0, 0.1) is 0 Å². The second-order valence-electron chi connectivity index (χ2n) is 3.97. The van der Waals surface area contributed by atoms with Crippen LogP contribution in [0.15, 0.2) is 0 Å². The number of nitrogens with zero attached hydrogens (tertiary/aromatic N) is 1. The van der Waals surface area contributed by atoms with Gasteiger partial charge in [0, 0.05) is 12.1 Å². The maximum Gasteiger partial charge on any atom is 0.234 e. The lowest BCUT2D eigenvalue weighted by atomic mass is 9.88. The molecular formula is C9H16N2OS. The van der Waals surface area contributed by atoms with Gasteiger partial charge in [0.15, 0.2) is 0 Å². The van der Waals surface area contributed by atoms with E-state index in [1.165, 1.54) is 24.3 Å². The van der Waals surface area contributed by atoms with Crippen molar-refractivity contribution in [3.05, 3.63) is 0 Å². The lowest BCUT2D eigenvalue weighted by molar-refractivity contribution is -0.127. The zero-order chi connectivity index (χ0) is 9.31. The van der Waals surface area contributed by atoms with E-state index in [1.807, 2.05) is 11.8 Å². The van der Waals surface area contributed by atoms with E-state index < -0.39 is 0 Å². The van der Waals surface area contributed by atoms with Crippen LogP contribution in [0.5, 0.6) is 0 Å². The fourth-order valence-electron chi connectivity index (χ4n) is 2.15. The molecule has 3 nitrogen and oxygen atoms in total. The molecule has 0 unspecified atom stereocenters. The molecule has 1 spiro atoms. The van der Waals surface area contributed by atoms with Gasteiger partial charge in [-0.15, -0.1) is 0 Å². The number of carbonyl (C=O) groups is 1. The van der Waals surface area contributed by atoms with Crippen LogP contribution in [0.4, 0.5) is 0 Å². The summed E-state index contributed by atoms with van der Waals surface area (Å²) in [5.41, 5.74) is 0.277. The standard InChI is InChI=1S/C9H16N2OS/c1-11-6-8(12)10-7-9(11)2-4-13-5-3-9/h2-7H2,1H3,(H,10,12). The number of amides is 1. The van der Waals surface area contributed by atoms with Crippen molar-refractivity contribution in [3.8, 4) is 0 Å². The molecule has 2 heterocycles. The number of carbonyl (C=O) groups excluding carboxylic acids is 1. The fraction of sp³-hybridized carbons (Fsp3) is 0.889. The van der Waals surface area contributed by atoms with Crippen LogP contribution in [0.25, 0.3) is 0 Å². The minimum absolute atomic E-state index is 0.173. The number of nitrogens with one attached hydrogen (secondary N) is 1. The van der Waals surface area contributed by atoms with Gasteiger partial charge in [0.25, 0.3) is 0 Å². The summed E-state index contributed by atoms with van der Waals surface area (Å²) in [5.74, 6) is 2.65. The van der Waals surface area contributed by atoms with Crippen molar-refractivity contribution >= 4 is 17.7 Å². The Morgan fingerprint density at radius 1 is 1.46 bits per heavy atom. The molecule has 0 atom stereocenters. The molecule has 0 saturated carbocycles. The normalized spacial score (nSPS) is 28.8. The molecule has 2 aliphatic rings. The van der Waals surface area contributed by atoms with Gasteiger partial charge in [-0.05, 0) is 31.4 Å². The molecular weight excluding hydrogens is 184 g/mol. The maximum absolute atomic E-state index is 11.1. The summed E-state index contributed by atoms with van der Waals surface area (Å²) < 4.78 is 0. The molecule has 2 saturated heterocycles. The van der Waals surface area contributed by atoms with Crippen LogP contribution in [0.2, 0.25) is 0 Å². The van der Waals surface area contributed by atoms with Gasteiger partial charge in [-0.3, -0.25) is 9.69 Å². The van der Waals surface area contributed by atoms with E-state index in [-0.39, 0.29) is 11.4 Å². The van der Waals surface area contributed by atoms with Crippen molar-refractivity contribution in [3.63, 3.8) is 0 Å². The average Bonchev–Trinajstić information content (AvgIpc) is 2.14. The van der Waals surface area contributed by atoms with Crippen LogP contribution in [0.3, 0.4) is 0 Å². The molecule has 2 rings (SSSR count). The smallest absolute Gasteiger partial charge is 0.234 e. The summed E-state index contributed by atoms with van der Waals surface area (Å²) >= 11 is 2.03. The summed E-state index contributed by atoms with van der Waals surface area (Å²) in [6.07, 6.45) is 2.43. The van der Waals surface area contributed by atoms with Crippen molar-refractivity contribution in [2.45, 2.75) is 18.4 Å². The van der Waals surface area contributed by atoms with E-state index in [4.69, 9.17) is 0 Å². The highest BCUT2D eigenvalue weighted by Gasteiger charge is 2.39. The number of piperazine rings is 1. The SMILES string of the molecule is CN1CC(=O)NCC12CCSCC2. The minimum Gasteiger partial charge on any atom is -0.353 e. The zero-order valence-electron chi connectivity index (χ0n) is 8.01. The van der Waals surface area contributed by atoms with Crippen LogP contribution >= 0.6 is 11.8 Å². The van der Waals surface area contributed by atoms with Crippen LogP contribution in [-0.4, -0.2) is 48.0 Å². The van der Waals surface area contributed by atoms with Gasteiger partial charge in [-0.2, -0.15) is 11.8 Å². The van der Waals surface area contributed by atoms with Crippen molar-refractivity contribution in [2.75, 3.05) is 31.6 Å². The Balaban J connectivity index is 2.07. The van der Waals surface area contributed by atoms with E-state index >= 15 is 0 Å². The predicted molar refractivity (Wildman–Crippen MR) is 54.9 cm³/mol. The molecule has 1 N–H and O–H groups in total. The number of rotatable bonds is 0. The molecule has 0 aromatic heterocycles. The lowest BCUT2D eigenvalue weighted by Crippen LogP contribution is -2.63. The van der Waals surface area contributed by atoms with E-state index in [0.717, 1.165) is 6.54 Å². The molecule has 0 aromatic carbocycles. The predicted octanol–water partition coefficient (Wildman–Crippen LogP) is 0.314. The van der Waals surface area contributed by atoms with Gasteiger partial charge >= 0.3 is 0 Å². The summed E-state index contributed by atoms with van der Waals surface area (Å²) in [5, 5.41) is 2.98. The second-order valence-corrected chi connectivity index (χ2v) is 5.19. The highest BCUT2D eigenvalue weighted by molar-refractivity contribution is 7.99. The monoisotopic (exact) mass is 200 g/mol. The van der Waals surface area contributed by atoms with E-state index in [2.05, 4.69) is 17.3 Å². The molecule has 0 aliphatic carbocycles. The Morgan fingerprint density at radius 2 is 2.15 bits per heavy atom. The maximum atomic E-state index is 11.1. The van der Waals surface area contributed by atoms with Crippen LogP contribution < -0.4 is 5.32 Å². The molecule has 0 bridgehead atoms. The van der Waals surface area contributed by atoms with E-state index in [1.54, 1.807) is 0 Å². The third-order valence-electron chi connectivity index (χ3n) is 3.23. The van der Waals surface area contributed by atoms with Crippen molar-refractivity contribution in [1.29, 1.82) is 0 Å². The van der Waals surface area contributed by atoms with Gasteiger partial charge in [0.05, 0.1) is 6.54 Å². The quantitative estimate of drug-likeness (QED) is 0.611. The Labute approximate surface area is 83.2 Å². The summed E-state index contributed by atoms with van der Waals surface area (Å²) in [7, 11) is 2.08. The highest BCUT2D eigenvalue weighted by Crippen LogP contribution is 2.32. The van der Waals surface area contributed by atoms with Crippen molar-refractivity contribution < 1.29 is 4.79 Å². The third kappa shape index (κ3) is 1.70. The molecule has 2 aliphatic heterocycles. The van der Waals surface area contributed by atoms with Gasteiger partial charge in [0.1, 0.15) is 0 Å². The highest BCUT2D eigenvalue weighted by atomic mass is 32.2. The molecule has 13 heavy (non-hydrogen) atoms. The molecule has 0 aromatic rings. The Kier molecular flexibility index (Phi) is 2.51. The average molecular weight is 200 g/mol. The Morgan fingerprint density at radius 3 is 2.77 bits per heavy atom. The topological polar surface area (TPSA) is 32.3 Å². The van der Waals surface area contributed by atoms with Crippen molar-refractivity contribution in [1.82, 2.24) is 10.2 Å². The minimum atomic E-state index is 0.173. The number of thioether (sulfide) groups is 1. The van der Waals surface area contributed by atoms with Gasteiger partial charge in [0.2, 0.25) is 5.91 Å². The second kappa shape index (κ2) is 3.50. The lowest BCUT2D eigenvalue weighted by Gasteiger charge is -2.47. The van der Waals surface area contributed by atoms with Crippen LogP contribution in [0.1, 0.15) is 12.8 Å². The first-order valence-corrected chi connectivity index (χ1v) is 5.94. The number of hydrogen-bond acceptors (Lipinski definition) is 3. The van der Waals surface area contributed by atoms with Crippen LogP contribution in [-0.2, 0) is 4.79 Å². The molecule has 0 radical (unpaired) electrons. The Hall–Kier alpha value is -0.220. The third-order valence-corrected chi connectivity index (χ3v) is 4.21. The first-order chi connectivity index (χ1) is 6.23. The van der Waals surface area contributed by atoms with Gasteiger partial charge < -0.3 is 5.32 Å². The Bertz CT molecular complexity index is 214. The molecule has 2 fully saturated rings. The first-order valence-electron chi connectivity index (χ1n) is 4.79. The largest absolute Gasteiger partial charge is 0.353 e. The van der Waals surface area contributed by atoms with Gasteiger partial charge in [-0.1, -0.05) is 0 Å². The first kappa shape index (κ1) is 9.34. The zero-order valence-corrected chi connectivity index (χ0v) is 8.82. The van der Waals surface area contributed by atoms with E-state index in [0.29, 0.717) is 6.54 Å². The number of likely N-dealkylation sites (N-methyl/N-ethyl adjacent to an activating group) is 1. The fourth-order valence-corrected chi connectivity index (χ4v) is 3.40. The van der Waals surface area contributed by atoms with Crippen molar-refractivity contribution in [2.24, 2.45) is 0 Å². The summed E-state index contributed by atoms with van der Waals surface area (Å²) in [6, 6.07) is 0. The molecule has 4 heteroatoms. The summed E-state index contributed by atoms with van der Waals surface area (Å²) in [4.78, 5) is 13.4. The number of hydrogen-bond donors (Lipinski definition) is 1. The molecule has 74 valence electrons. The molecule has 1 amide bonds. The summed E-state index contributed by atoms with van der Waals surface area (Å²) in [6.45, 7) is 1.42.